The zero-order chi connectivity index (χ0) is 15.9. The molecule has 0 aliphatic heterocycles. The van der Waals surface area contributed by atoms with Gasteiger partial charge in [0.2, 0.25) is 0 Å². The van der Waals surface area contributed by atoms with E-state index in [9.17, 15) is 0 Å². The summed E-state index contributed by atoms with van der Waals surface area (Å²) in [6, 6.07) is 1.43. The van der Waals surface area contributed by atoms with Gasteiger partial charge in [0.25, 0.3) is 0 Å². The van der Waals surface area contributed by atoms with E-state index in [2.05, 4.69) is 46.3 Å². The van der Waals surface area contributed by atoms with E-state index in [1.165, 1.54) is 22.7 Å². The summed E-state index contributed by atoms with van der Waals surface area (Å²) >= 11 is 1.76. The van der Waals surface area contributed by atoms with E-state index < -0.39 is 0 Å². The maximum Gasteiger partial charge on any atom is 0.191 e. The lowest BCUT2D eigenvalue weighted by Crippen LogP contribution is -2.44. The van der Waals surface area contributed by atoms with Crippen molar-refractivity contribution in [1.82, 2.24) is 20.5 Å². The average Bonchev–Trinajstić information content (AvgIpc) is 3.23. The second-order valence-electron chi connectivity index (χ2n) is 6.10. The standard InChI is InChI=1S/C16H29N5S.HI/c1-12(2)21(14-5-6-14)10-9-19-16(17-4)18-8-7-15-20-11-13(3)22-15;/h11-12,14H,5-10H2,1-4H3,(H2,17,18,19);1H. The molecule has 2 N–H and O–H groups in total. The maximum absolute atomic E-state index is 4.38. The van der Waals surface area contributed by atoms with Crippen molar-refractivity contribution in [3.05, 3.63) is 16.1 Å². The lowest BCUT2D eigenvalue weighted by molar-refractivity contribution is 0.215. The fourth-order valence-electron chi connectivity index (χ4n) is 2.60. The first-order valence-electron chi connectivity index (χ1n) is 8.21. The SMILES string of the molecule is CN=C(NCCc1ncc(C)s1)NCCN(C(C)C)C1CC1.I. The predicted octanol–water partition coefficient (Wildman–Crippen LogP) is 2.65. The zero-order valence-corrected chi connectivity index (χ0v) is 17.8. The predicted molar refractivity (Wildman–Crippen MR) is 110 cm³/mol. The van der Waals surface area contributed by atoms with Crippen molar-refractivity contribution in [2.24, 2.45) is 4.99 Å². The molecule has 0 bridgehead atoms. The molecule has 7 heteroatoms. The van der Waals surface area contributed by atoms with Gasteiger partial charge >= 0.3 is 0 Å². The minimum absolute atomic E-state index is 0. The molecule has 5 nitrogen and oxygen atoms in total. The van der Waals surface area contributed by atoms with Crippen LogP contribution in [0.5, 0.6) is 0 Å². The van der Waals surface area contributed by atoms with E-state index in [0.717, 1.165) is 38.1 Å². The number of thiazole rings is 1. The number of hydrogen-bond donors (Lipinski definition) is 2. The van der Waals surface area contributed by atoms with Crippen molar-refractivity contribution in [3.63, 3.8) is 0 Å². The molecule has 23 heavy (non-hydrogen) atoms. The van der Waals surface area contributed by atoms with Crippen LogP contribution in [0.25, 0.3) is 0 Å². The summed E-state index contributed by atoms with van der Waals surface area (Å²) in [5, 5.41) is 7.95. The second-order valence-corrected chi connectivity index (χ2v) is 7.42. The van der Waals surface area contributed by atoms with Gasteiger partial charge in [-0.2, -0.15) is 0 Å². The molecule has 0 radical (unpaired) electrons. The third-order valence-electron chi connectivity index (χ3n) is 3.87. The van der Waals surface area contributed by atoms with E-state index in [-0.39, 0.29) is 24.0 Å². The Morgan fingerprint density at radius 3 is 2.61 bits per heavy atom. The lowest BCUT2D eigenvalue weighted by Gasteiger charge is -2.26. The Labute approximate surface area is 161 Å². The van der Waals surface area contributed by atoms with Gasteiger partial charge in [0.15, 0.2) is 5.96 Å². The van der Waals surface area contributed by atoms with Gasteiger partial charge in [0, 0.05) is 56.3 Å². The Morgan fingerprint density at radius 2 is 2.09 bits per heavy atom. The van der Waals surface area contributed by atoms with Gasteiger partial charge in [0.05, 0.1) is 5.01 Å². The van der Waals surface area contributed by atoms with Crippen molar-refractivity contribution in [1.29, 1.82) is 0 Å². The van der Waals surface area contributed by atoms with Gasteiger partial charge in [-0.05, 0) is 33.6 Å². The first-order chi connectivity index (χ1) is 10.6. The molecular weight excluding hydrogens is 421 g/mol. The fraction of sp³-hybridized carbons (Fsp3) is 0.750. The number of guanidine groups is 1. The molecule has 1 aromatic heterocycles. The summed E-state index contributed by atoms with van der Waals surface area (Å²) in [6.07, 6.45) is 5.60. The van der Waals surface area contributed by atoms with Gasteiger partial charge in [0.1, 0.15) is 0 Å². The molecule has 0 spiro atoms. The summed E-state index contributed by atoms with van der Waals surface area (Å²) in [7, 11) is 1.82. The molecule has 0 aromatic carbocycles. The van der Waals surface area contributed by atoms with E-state index >= 15 is 0 Å². The van der Waals surface area contributed by atoms with Crippen LogP contribution in [-0.4, -0.2) is 54.6 Å². The highest BCUT2D eigenvalue weighted by atomic mass is 127. The summed E-state index contributed by atoms with van der Waals surface area (Å²) < 4.78 is 0. The Bertz CT molecular complexity index is 483. The third-order valence-corrected chi connectivity index (χ3v) is 4.84. The highest BCUT2D eigenvalue weighted by Crippen LogP contribution is 2.27. The van der Waals surface area contributed by atoms with E-state index in [4.69, 9.17) is 0 Å². The van der Waals surface area contributed by atoms with Crippen LogP contribution in [0.15, 0.2) is 11.2 Å². The van der Waals surface area contributed by atoms with Crippen molar-refractivity contribution >= 4 is 41.3 Å². The van der Waals surface area contributed by atoms with Crippen LogP contribution in [0.3, 0.4) is 0 Å². The molecule has 2 rings (SSSR count). The van der Waals surface area contributed by atoms with Crippen LogP contribution in [0.4, 0.5) is 0 Å². The van der Waals surface area contributed by atoms with Crippen molar-refractivity contribution in [2.45, 2.75) is 52.1 Å². The van der Waals surface area contributed by atoms with Gasteiger partial charge in [-0.15, -0.1) is 35.3 Å². The normalized spacial score (nSPS) is 15.0. The Kier molecular flexibility index (Phi) is 9.38. The topological polar surface area (TPSA) is 52.6 Å². The summed E-state index contributed by atoms with van der Waals surface area (Å²) in [6.45, 7) is 9.53. The van der Waals surface area contributed by atoms with Crippen LogP contribution >= 0.6 is 35.3 Å². The molecule has 1 heterocycles. The second kappa shape index (κ2) is 10.5. The van der Waals surface area contributed by atoms with Gasteiger partial charge in [-0.3, -0.25) is 9.89 Å². The average molecular weight is 451 g/mol. The minimum atomic E-state index is 0. The summed E-state index contributed by atoms with van der Waals surface area (Å²) in [5.41, 5.74) is 0. The minimum Gasteiger partial charge on any atom is -0.356 e. The maximum atomic E-state index is 4.38. The Balaban J connectivity index is 0.00000264. The molecule has 1 aliphatic carbocycles. The largest absolute Gasteiger partial charge is 0.356 e. The Morgan fingerprint density at radius 1 is 1.39 bits per heavy atom. The van der Waals surface area contributed by atoms with Gasteiger partial charge < -0.3 is 10.6 Å². The van der Waals surface area contributed by atoms with E-state index in [0.29, 0.717) is 6.04 Å². The highest BCUT2D eigenvalue weighted by Gasteiger charge is 2.29. The third kappa shape index (κ3) is 7.34. The van der Waals surface area contributed by atoms with Crippen molar-refractivity contribution < 1.29 is 0 Å². The number of halogens is 1. The summed E-state index contributed by atoms with van der Waals surface area (Å²) in [5.74, 6) is 0.882. The molecule has 1 aliphatic rings. The van der Waals surface area contributed by atoms with Crippen molar-refractivity contribution in [3.8, 4) is 0 Å². The van der Waals surface area contributed by atoms with Crippen LogP contribution in [-0.2, 0) is 6.42 Å². The molecular formula is C16H30IN5S. The molecule has 0 saturated heterocycles. The van der Waals surface area contributed by atoms with Crippen LogP contribution in [0.2, 0.25) is 0 Å². The Hall–Kier alpha value is -0.410. The number of aromatic nitrogens is 1. The number of nitrogens with zero attached hydrogens (tertiary/aromatic N) is 3. The zero-order valence-electron chi connectivity index (χ0n) is 14.6. The van der Waals surface area contributed by atoms with Gasteiger partial charge in [-0.1, -0.05) is 0 Å². The number of nitrogens with one attached hydrogen (secondary N) is 2. The first-order valence-corrected chi connectivity index (χ1v) is 9.03. The summed E-state index contributed by atoms with van der Waals surface area (Å²) in [4.78, 5) is 12.5. The molecule has 1 aromatic rings. The highest BCUT2D eigenvalue weighted by molar-refractivity contribution is 14.0. The number of rotatable bonds is 8. The fourth-order valence-corrected chi connectivity index (χ4v) is 3.38. The molecule has 132 valence electrons. The number of hydrogen-bond acceptors (Lipinski definition) is 4. The van der Waals surface area contributed by atoms with Crippen LogP contribution in [0.1, 0.15) is 36.6 Å². The molecule has 1 fully saturated rings. The molecule has 0 atom stereocenters. The number of aryl methyl sites for hydroxylation is 1. The van der Waals surface area contributed by atoms with E-state index in [1.54, 1.807) is 11.3 Å². The lowest BCUT2D eigenvalue weighted by atomic mass is 10.3. The quantitative estimate of drug-likeness (QED) is 0.363. The van der Waals surface area contributed by atoms with Crippen LogP contribution < -0.4 is 10.6 Å². The smallest absolute Gasteiger partial charge is 0.191 e. The van der Waals surface area contributed by atoms with E-state index in [1.807, 2.05) is 13.2 Å². The molecule has 1 saturated carbocycles. The van der Waals surface area contributed by atoms with Gasteiger partial charge in [-0.25, -0.2) is 4.98 Å². The molecule has 0 unspecified atom stereocenters. The number of aliphatic imine (C=N–C) groups is 1. The van der Waals surface area contributed by atoms with Crippen LogP contribution in [0, 0.1) is 6.92 Å². The van der Waals surface area contributed by atoms with Crippen molar-refractivity contribution in [2.75, 3.05) is 26.7 Å². The molecule has 0 amide bonds. The first kappa shape index (κ1) is 20.6. The monoisotopic (exact) mass is 451 g/mol.